The number of hydrogen-bond acceptors (Lipinski definition) is 11. The van der Waals surface area contributed by atoms with E-state index in [9.17, 15) is 24.3 Å². The van der Waals surface area contributed by atoms with Crippen molar-refractivity contribution in [2.24, 2.45) is 16.2 Å². The number of anilines is 2. The second-order valence-corrected chi connectivity index (χ2v) is 24.2. The number of aromatic carboxylic acids is 1. The first-order valence-corrected chi connectivity index (χ1v) is 25.4. The van der Waals surface area contributed by atoms with E-state index in [4.69, 9.17) is 19.3 Å². The second kappa shape index (κ2) is 18.1. The molecule has 4 fully saturated rings. The van der Waals surface area contributed by atoms with Crippen molar-refractivity contribution in [1.29, 1.82) is 0 Å². The lowest BCUT2D eigenvalue weighted by Crippen LogP contribution is -2.64. The van der Waals surface area contributed by atoms with Crippen LogP contribution in [0.25, 0.3) is 32.6 Å². The van der Waals surface area contributed by atoms with Gasteiger partial charge in [0.1, 0.15) is 16.9 Å². The van der Waals surface area contributed by atoms with Crippen LogP contribution in [0.5, 0.6) is 0 Å². The molecule has 2 N–H and O–H groups in total. The predicted octanol–water partition coefficient (Wildman–Crippen LogP) is 11.3. The Morgan fingerprint density at radius 2 is 1.61 bits per heavy atom. The van der Waals surface area contributed by atoms with Crippen molar-refractivity contribution in [2.45, 2.75) is 143 Å². The zero-order valence-corrected chi connectivity index (χ0v) is 42.9. The van der Waals surface area contributed by atoms with Crippen molar-refractivity contribution in [2.75, 3.05) is 36.5 Å². The van der Waals surface area contributed by atoms with Gasteiger partial charge in [-0.25, -0.2) is 24.4 Å². The number of esters is 1. The van der Waals surface area contributed by atoms with Crippen molar-refractivity contribution in [1.82, 2.24) is 24.6 Å². The molecule has 4 saturated carbocycles. The number of thiazole rings is 1. The highest BCUT2D eigenvalue weighted by molar-refractivity contribution is 7.22. The summed E-state index contributed by atoms with van der Waals surface area (Å²) >= 11 is 1.43. The van der Waals surface area contributed by atoms with Gasteiger partial charge in [-0.2, -0.15) is 5.10 Å². The quantitative estimate of drug-likeness (QED) is 0.107. The second-order valence-electron chi connectivity index (χ2n) is 23.2. The Labute approximate surface area is 414 Å². The van der Waals surface area contributed by atoms with Gasteiger partial charge >= 0.3 is 24.1 Å². The summed E-state index contributed by atoms with van der Waals surface area (Å²) in [5.41, 5.74) is 3.92. The van der Waals surface area contributed by atoms with Crippen molar-refractivity contribution >= 4 is 56.4 Å². The van der Waals surface area contributed by atoms with Gasteiger partial charge in [-0.1, -0.05) is 55.5 Å². The van der Waals surface area contributed by atoms with E-state index < -0.39 is 28.9 Å². The number of amides is 3. The topological polar surface area (TPSA) is 178 Å². The summed E-state index contributed by atoms with van der Waals surface area (Å²) in [7, 11) is 0. The van der Waals surface area contributed by atoms with Crippen molar-refractivity contribution in [3.63, 3.8) is 0 Å². The van der Waals surface area contributed by atoms with Crippen LogP contribution in [0.4, 0.5) is 20.4 Å². The fourth-order valence-corrected chi connectivity index (χ4v) is 14.0. The van der Waals surface area contributed by atoms with Gasteiger partial charge in [0.2, 0.25) is 0 Å². The molecule has 2 atom stereocenters. The number of benzene rings is 2. The summed E-state index contributed by atoms with van der Waals surface area (Å²) in [6, 6.07) is 17.2. The number of carboxylic acid groups (broad SMARTS) is 1. The number of carbonyl (C=O) groups excluding carboxylic acids is 3. The largest absolute Gasteiger partial charge is 0.476 e. The first-order valence-electron chi connectivity index (χ1n) is 24.6. The maximum Gasteiger partial charge on any atom is 0.410 e. The molecule has 0 saturated heterocycles. The highest BCUT2D eigenvalue weighted by Crippen LogP contribution is 2.72. The number of para-hydroxylation sites is 1. The number of ether oxygens (including phenoxy) is 3. The molecule has 2 unspecified atom stereocenters. The Kier molecular flexibility index (Phi) is 12.7. The molecule has 4 aliphatic carbocycles. The fraction of sp³-hybridized carbons (Fsp3) is 0.537. The molecule has 0 radical (unpaired) electrons. The average Bonchev–Trinajstić information content (AvgIpc) is 3.80. The van der Waals surface area contributed by atoms with E-state index >= 15 is 0 Å². The molecule has 70 heavy (non-hydrogen) atoms. The first kappa shape index (κ1) is 49.1. The minimum absolute atomic E-state index is 0.00844. The highest BCUT2D eigenvalue weighted by atomic mass is 32.1. The maximum absolute atomic E-state index is 14.1. The minimum atomic E-state index is -1.13. The number of aryl methyl sites for hydroxylation is 1. The summed E-state index contributed by atoms with van der Waals surface area (Å²) in [6.07, 6.45) is 8.27. The van der Waals surface area contributed by atoms with E-state index in [0.717, 1.165) is 84.1 Å². The van der Waals surface area contributed by atoms with Crippen LogP contribution in [0.1, 0.15) is 129 Å². The molecule has 3 amide bonds. The zero-order valence-electron chi connectivity index (χ0n) is 42.1. The minimum Gasteiger partial charge on any atom is -0.476 e. The number of nitrogens with zero attached hydrogens (tertiary/aromatic N) is 6. The summed E-state index contributed by atoms with van der Waals surface area (Å²) in [5, 5.41) is 19.5. The van der Waals surface area contributed by atoms with E-state index in [1.165, 1.54) is 17.5 Å². The summed E-state index contributed by atoms with van der Waals surface area (Å²) < 4.78 is 21.5. The van der Waals surface area contributed by atoms with Crippen LogP contribution in [0.15, 0.2) is 60.8 Å². The third kappa shape index (κ3) is 10.3. The fourth-order valence-electron chi connectivity index (χ4n) is 13.1. The number of fused-ring (bicyclic) bond motifs is 2. The van der Waals surface area contributed by atoms with Gasteiger partial charge in [-0.05, 0) is 146 Å². The van der Waals surface area contributed by atoms with E-state index in [1.807, 2.05) is 84.9 Å². The van der Waals surface area contributed by atoms with Crippen LogP contribution in [0, 0.1) is 23.2 Å². The number of carbonyl (C=O) groups is 4. The molecule has 16 heteroatoms. The van der Waals surface area contributed by atoms with Crippen LogP contribution in [0.2, 0.25) is 0 Å². The van der Waals surface area contributed by atoms with Crippen molar-refractivity contribution in [3.8, 4) is 22.4 Å². The first-order chi connectivity index (χ1) is 32.9. The Hall–Kier alpha value is -5.87. The van der Waals surface area contributed by atoms with Crippen molar-refractivity contribution in [3.05, 3.63) is 77.7 Å². The molecule has 5 aromatic rings. The number of carboxylic acids is 1. The number of rotatable bonds is 13. The van der Waals surface area contributed by atoms with Crippen LogP contribution in [-0.2, 0) is 32.0 Å². The van der Waals surface area contributed by atoms with Gasteiger partial charge in [-0.3, -0.25) is 19.7 Å². The van der Waals surface area contributed by atoms with Gasteiger partial charge in [0.15, 0.2) is 10.8 Å². The van der Waals surface area contributed by atoms with E-state index in [2.05, 4.69) is 39.9 Å². The smallest absolute Gasteiger partial charge is 0.410 e. The number of hydrogen-bond donors (Lipinski definition) is 2. The molecule has 10 rings (SSSR count). The third-order valence-electron chi connectivity index (χ3n) is 14.3. The lowest BCUT2D eigenvalue weighted by molar-refractivity contribution is -0.248. The molecule has 5 aliphatic rings. The predicted molar refractivity (Wildman–Crippen MR) is 270 cm³/mol. The normalized spacial score (nSPS) is 23.8. The van der Waals surface area contributed by atoms with Crippen molar-refractivity contribution < 1.29 is 38.5 Å². The molecular formula is C54H67N7O8S. The molecule has 2 aromatic carbocycles. The van der Waals surface area contributed by atoms with E-state index in [1.54, 1.807) is 21.9 Å². The number of pyridine rings is 1. The lowest BCUT2D eigenvalue weighted by atomic mass is 9.39. The zero-order chi connectivity index (χ0) is 50.0. The summed E-state index contributed by atoms with van der Waals surface area (Å²) in [4.78, 5) is 65.5. The third-order valence-corrected chi connectivity index (χ3v) is 15.2. The van der Waals surface area contributed by atoms with Crippen LogP contribution in [0.3, 0.4) is 0 Å². The van der Waals surface area contributed by atoms with Gasteiger partial charge < -0.3 is 24.2 Å². The molecule has 1 aliphatic heterocycles. The van der Waals surface area contributed by atoms with Gasteiger partial charge in [0.25, 0.3) is 0 Å². The maximum atomic E-state index is 14.1. The van der Waals surface area contributed by atoms with Gasteiger partial charge in [-0.15, -0.1) is 0 Å². The van der Waals surface area contributed by atoms with Gasteiger partial charge in [0.05, 0.1) is 28.8 Å². The van der Waals surface area contributed by atoms with Crippen LogP contribution >= 0.6 is 11.3 Å². The molecule has 15 nitrogen and oxygen atoms in total. The monoisotopic (exact) mass is 973 g/mol. The van der Waals surface area contributed by atoms with E-state index in [-0.39, 0.29) is 60.1 Å². The Morgan fingerprint density at radius 1 is 0.886 bits per heavy atom. The molecular weight excluding hydrogens is 907 g/mol. The summed E-state index contributed by atoms with van der Waals surface area (Å²) in [5.74, 6) is -1.51. The number of nitrogens with one attached hydrogen (secondary N) is 1. The summed E-state index contributed by atoms with van der Waals surface area (Å²) in [6.45, 7) is 19.5. The highest BCUT2D eigenvalue weighted by Gasteiger charge is 2.66. The standard InChI is InChI=1S/C54H67N7O8S/c1-34-42(37-15-12-21-55-44(37)45(63)64)43(36-19-18-35-14-13-22-60(39(35)26-36)47(65)57-46-56-38-16-10-11-17-40(38)70-46)58-61(34)33-53-28-51(8)27-52(9,29-53)31-54(30-51,32-53)67-25-24-59(48(66)69-50(5,6)7)23-20-41(62)68-49(2,3)4/h10-12,15-19,21,26H,13-14,20,22-25,27-33H2,1-9H3,(H,63,64)(H,56,57,65). The Balaban J connectivity index is 1.02. The lowest BCUT2D eigenvalue weighted by Gasteiger charge is -2.69. The molecule has 3 aromatic heterocycles. The average molecular weight is 974 g/mol. The number of urea groups is 1. The Morgan fingerprint density at radius 3 is 2.31 bits per heavy atom. The molecule has 4 heterocycles. The SMILES string of the molecule is Cc1c(-c2cccnc2C(=O)O)c(-c2ccc3c(c2)N(C(=O)Nc2nc4ccccc4s2)CCC3)nn1CC12CC3(C)CC(C)(C1)CC(OCCN(CCC(=O)OC(C)(C)C)C(=O)OC(C)(C)C)(C3)C2. The number of aromatic nitrogens is 4. The molecule has 4 bridgehead atoms. The van der Waals surface area contributed by atoms with E-state index in [0.29, 0.717) is 35.0 Å². The Bertz CT molecular complexity index is 2810. The van der Waals surface area contributed by atoms with Crippen LogP contribution in [-0.4, -0.2) is 96.9 Å². The van der Waals surface area contributed by atoms with Gasteiger partial charge in [0, 0.05) is 60.4 Å². The molecule has 372 valence electrons. The molecule has 0 spiro atoms. The van der Waals surface area contributed by atoms with Crippen LogP contribution < -0.4 is 10.2 Å².